The van der Waals surface area contributed by atoms with Crippen molar-refractivity contribution in [3.63, 3.8) is 0 Å². The van der Waals surface area contributed by atoms with Gasteiger partial charge in [-0.05, 0) is 63.7 Å². The fourth-order valence-electron chi connectivity index (χ4n) is 5.31. The molecule has 2 aromatic heterocycles. The van der Waals surface area contributed by atoms with E-state index in [0.717, 1.165) is 25.7 Å². The normalized spacial score (nSPS) is 20.3. The maximum atomic E-state index is 13.3. The van der Waals surface area contributed by atoms with Crippen molar-refractivity contribution in [2.75, 3.05) is 13.1 Å². The number of amides is 3. The molecule has 0 spiro atoms. The summed E-state index contributed by atoms with van der Waals surface area (Å²) in [5.74, 6) is 0.0289. The minimum atomic E-state index is -0.386. The molecule has 11 heteroatoms. The number of hydrogen-bond donors (Lipinski definition) is 2. The quantitative estimate of drug-likeness (QED) is 0.582. The highest BCUT2D eigenvalue weighted by molar-refractivity contribution is 5.92. The van der Waals surface area contributed by atoms with Gasteiger partial charge in [0.05, 0.1) is 17.3 Å². The second-order valence-corrected chi connectivity index (χ2v) is 10.9. The number of likely N-dealkylation sites (tertiary alicyclic amines) is 1. The summed E-state index contributed by atoms with van der Waals surface area (Å²) in [5.41, 5.74) is 1.23. The van der Waals surface area contributed by atoms with E-state index in [-0.39, 0.29) is 47.0 Å². The van der Waals surface area contributed by atoms with E-state index >= 15 is 0 Å². The third kappa shape index (κ3) is 5.65. The predicted molar refractivity (Wildman–Crippen MR) is 144 cm³/mol. The third-order valence-electron chi connectivity index (χ3n) is 7.55. The third-order valence-corrected chi connectivity index (χ3v) is 7.55. The van der Waals surface area contributed by atoms with Crippen LogP contribution in [0.5, 0.6) is 0 Å². The molecule has 11 nitrogen and oxygen atoms in total. The van der Waals surface area contributed by atoms with Crippen LogP contribution in [0.15, 0.2) is 34.0 Å². The molecule has 2 N–H and O–H groups in total. The lowest BCUT2D eigenvalue weighted by Crippen LogP contribution is -2.54. The van der Waals surface area contributed by atoms with Gasteiger partial charge in [0.15, 0.2) is 0 Å². The van der Waals surface area contributed by atoms with Crippen LogP contribution in [0.1, 0.15) is 72.9 Å². The largest absolute Gasteiger partial charge is 0.346 e. The number of piperidine rings is 1. The minimum absolute atomic E-state index is 0.104. The summed E-state index contributed by atoms with van der Waals surface area (Å²) >= 11 is 0. The smallest absolute Gasteiger partial charge is 0.331 e. The summed E-state index contributed by atoms with van der Waals surface area (Å²) in [5, 5.41) is 14.9. The average Bonchev–Trinajstić information content (AvgIpc) is 3.76. The first kappa shape index (κ1) is 26.4. The summed E-state index contributed by atoms with van der Waals surface area (Å²) < 4.78 is 3.05. The van der Waals surface area contributed by atoms with E-state index < -0.39 is 0 Å². The SMILES string of the molecule is CC(C)n1c2c(c(=O)n(CC3CC3)c1=O)CC(NC(=O)N1CCC[C@@H](NC(=O)c3ccc(C#N)cn3)C1)C=C2. The van der Waals surface area contributed by atoms with Crippen molar-refractivity contribution in [2.45, 2.75) is 70.6 Å². The molecule has 39 heavy (non-hydrogen) atoms. The van der Waals surface area contributed by atoms with Gasteiger partial charge < -0.3 is 15.5 Å². The van der Waals surface area contributed by atoms with Crippen LogP contribution in [-0.4, -0.2) is 56.1 Å². The number of nitrogens with one attached hydrogen (secondary N) is 2. The van der Waals surface area contributed by atoms with Crippen LogP contribution in [-0.2, 0) is 13.0 Å². The maximum Gasteiger partial charge on any atom is 0.331 e. The molecule has 204 valence electrons. The number of nitriles is 1. The second-order valence-electron chi connectivity index (χ2n) is 10.9. The Morgan fingerprint density at radius 2 is 1.97 bits per heavy atom. The van der Waals surface area contributed by atoms with Crippen molar-refractivity contribution in [2.24, 2.45) is 5.92 Å². The number of nitrogens with zero attached hydrogens (tertiary/aromatic N) is 5. The number of rotatable bonds is 6. The highest BCUT2D eigenvalue weighted by Crippen LogP contribution is 2.30. The first-order chi connectivity index (χ1) is 18.7. The molecule has 3 amide bonds. The second kappa shape index (κ2) is 10.9. The number of carbonyl (C=O) groups excluding carboxylic acids is 2. The van der Waals surface area contributed by atoms with Gasteiger partial charge in [0.2, 0.25) is 0 Å². The first-order valence-corrected chi connectivity index (χ1v) is 13.5. The van der Waals surface area contributed by atoms with Gasteiger partial charge in [-0.25, -0.2) is 14.6 Å². The summed E-state index contributed by atoms with van der Waals surface area (Å²) in [6, 6.07) is 4.04. The van der Waals surface area contributed by atoms with Gasteiger partial charge in [-0.3, -0.25) is 18.7 Å². The van der Waals surface area contributed by atoms with E-state index in [2.05, 4.69) is 15.6 Å². The Labute approximate surface area is 226 Å². The van der Waals surface area contributed by atoms with Crippen molar-refractivity contribution >= 4 is 18.0 Å². The highest BCUT2D eigenvalue weighted by atomic mass is 16.2. The summed E-state index contributed by atoms with van der Waals surface area (Å²) in [7, 11) is 0. The highest BCUT2D eigenvalue weighted by Gasteiger charge is 2.30. The number of urea groups is 1. The Balaban J connectivity index is 1.25. The van der Waals surface area contributed by atoms with Gasteiger partial charge in [-0.1, -0.05) is 6.08 Å². The average molecular weight is 532 g/mol. The molecule has 2 atom stereocenters. The molecule has 5 rings (SSSR count). The van der Waals surface area contributed by atoms with Crippen LogP contribution in [0.2, 0.25) is 0 Å². The van der Waals surface area contributed by atoms with E-state index in [4.69, 9.17) is 5.26 Å². The molecule has 0 aromatic carbocycles. The van der Waals surface area contributed by atoms with Crippen molar-refractivity contribution in [1.82, 2.24) is 29.7 Å². The zero-order valence-electron chi connectivity index (χ0n) is 22.2. The molecule has 1 saturated carbocycles. The molecule has 3 heterocycles. The van der Waals surface area contributed by atoms with E-state index in [9.17, 15) is 19.2 Å². The topological polar surface area (TPSA) is 142 Å². The van der Waals surface area contributed by atoms with Crippen LogP contribution in [0.25, 0.3) is 6.08 Å². The molecule has 1 unspecified atom stereocenters. The Kier molecular flexibility index (Phi) is 7.37. The van der Waals surface area contributed by atoms with Crippen LogP contribution >= 0.6 is 0 Å². The van der Waals surface area contributed by atoms with Crippen LogP contribution < -0.4 is 21.9 Å². The van der Waals surface area contributed by atoms with Crippen molar-refractivity contribution in [3.05, 3.63) is 67.8 Å². The molecule has 1 aliphatic heterocycles. The van der Waals surface area contributed by atoms with Crippen LogP contribution in [0, 0.1) is 17.2 Å². The lowest BCUT2D eigenvalue weighted by atomic mass is 9.98. The molecule has 2 aliphatic carbocycles. The van der Waals surface area contributed by atoms with Gasteiger partial charge in [-0.15, -0.1) is 0 Å². The number of hydrogen-bond acceptors (Lipinski definition) is 6. The number of carbonyl (C=O) groups is 2. The Hall–Kier alpha value is -4.20. The van der Waals surface area contributed by atoms with Gasteiger partial charge in [0.1, 0.15) is 11.8 Å². The summed E-state index contributed by atoms with van der Waals surface area (Å²) in [6.07, 6.45) is 8.81. The van der Waals surface area contributed by atoms with Crippen molar-refractivity contribution in [1.29, 1.82) is 5.26 Å². The van der Waals surface area contributed by atoms with E-state index in [1.165, 1.54) is 16.8 Å². The molecular weight excluding hydrogens is 498 g/mol. The molecule has 0 bridgehead atoms. The van der Waals surface area contributed by atoms with E-state index in [0.29, 0.717) is 48.8 Å². The molecule has 2 aromatic rings. The summed E-state index contributed by atoms with van der Waals surface area (Å²) in [4.78, 5) is 58.0. The monoisotopic (exact) mass is 531 g/mol. The molecule has 0 radical (unpaired) electrons. The van der Waals surface area contributed by atoms with E-state index in [1.54, 1.807) is 21.6 Å². The lowest BCUT2D eigenvalue weighted by Gasteiger charge is -2.34. The Bertz CT molecular complexity index is 1460. The number of fused-ring (bicyclic) bond motifs is 1. The predicted octanol–water partition coefficient (Wildman–Crippen LogP) is 1.81. The van der Waals surface area contributed by atoms with Crippen molar-refractivity contribution in [3.8, 4) is 6.07 Å². The fourth-order valence-corrected chi connectivity index (χ4v) is 5.31. The maximum absolute atomic E-state index is 13.3. The molecule has 3 aliphatic rings. The van der Waals surface area contributed by atoms with E-state index in [1.807, 2.05) is 26.0 Å². The lowest BCUT2D eigenvalue weighted by molar-refractivity contribution is 0.0905. The number of aromatic nitrogens is 3. The molecule has 1 saturated heterocycles. The van der Waals surface area contributed by atoms with Gasteiger partial charge >= 0.3 is 11.7 Å². The molecular formula is C28H33N7O4. The van der Waals surface area contributed by atoms with Gasteiger partial charge in [-0.2, -0.15) is 5.26 Å². The summed E-state index contributed by atoms with van der Waals surface area (Å²) in [6.45, 7) is 5.21. The number of pyridine rings is 1. The van der Waals surface area contributed by atoms with Crippen molar-refractivity contribution < 1.29 is 9.59 Å². The van der Waals surface area contributed by atoms with Gasteiger partial charge in [0.25, 0.3) is 11.5 Å². The Morgan fingerprint density at radius 1 is 1.18 bits per heavy atom. The standard InChI is InChI=1S/C28H33N7O4/c1-17(2)35-24-10-8-20(12-22(24)26(37)34(28(35)39)15-18-5-6-18)32-27(38)33-11-3-4-21(16-33)31-25(36)23-9-7-19(13-29)14-30-23/h7-10,14,17-18,20-21H,3-6,11-12,15-16H2,1-2H3,(H,31,36)(H,32,38)/t20?,21-/m1/s1. The van der Waals surface area contributed by atoms with Gasteiger partial charge in [0, 0.05) is 49.9 Å². The van der Waals surface area contributed by atoms with Crippen LogP contribution in [0.3, 0.4) is 0 Å². The zero-order valence-corrected chi connectivity index (χ0v) is 22.2. The Morgan fingerprint density at radius 3 is 2.64 bits per heavy atom. The van der Waals surface area contributed by atoms with Crippen LogP contribution in [0.4, 0.5) is 4.79 Å². The zero-order chi connectivity index (χ0) is 27.7. The molecule has 2 fully saturated rings. The fraction of sp³-hybridized carbons (Fsp3) is 0.500. The minimum Gasteiger partial charge on any atom is -0.346 e. The first-order valence-electron chi connectivity index (χ1n) is 13.5.